The van der Waals surface area contributed by atoms with E-state index in [-0.39, 0.29) is 17.4 Å². The van der Waals surface area contributed by atoms with Gasteiger partial charge in [-0.1, -0.05) is 0 Å². The number of carboxylic acids is 1. The topological polar surface area (TPSA) is 91.8 Å². The number of aromatic nitrogens is 1. The van der Waals surface area contributed by atoms with Crippen molar-refractivity contribution < 1.29 is 19.4 Å². The second kappa shape index (κ2) is 8.11. The number of pyridine rings is 1. The van der Waals surface area contributed by atoms with Crippen molar-refractivity contribution in [3.63, 3.8) is 0 Å². The molecule has 7 heteroatoms. The summed E-state index contributed by atoms with van der Waals surface area (Å²) in [5.74, 6) is -1.18. The number of carbonyl (C=O) groups excluding carboxylic acids is 1. The van der Waals surface area contributed by atoms with Crippen molar-refractivity contribution in [1.82, 2.24) is 9.88 Å². The molecule has 2 N–H and O–H groups in total. The first-order chi connectivity index (χ1) is 9.60. The highest BCUT2D eigenvalue weighted by atomic mass is 16.5. The second-order valence-corrected chi connectivity index (χ2v) is 3.91. The minimum atomic E-state index is -1.18. The van der Waals surface area contributed by atoms with Gasteiger partial charge in [0.25, 0.3) is 0 Å². The van der Waals surface area contributed by atoms with Crippen molar-refractivity contribution in [2.75, 3.05) is 31.6 Å². The molecule has 20 heavy (non-hydrogen) atoms. The number of hydrogen-bond donors (Lipinski definition) is 2. The van der Waals surface area contributed by atoms with Crippen LogP contribution in [0.4, 0.5) is 10.5 Å². The van der Waals surface area contributed by atoms with Crippen molar-refractivity contribution >= 4 is 17.7 Å². The van der Waals surface area contributed by atoms with Gasteiger partial charge >= 0.3 is 12.0 Å². The molecule has 0 spiro atoms. The highest BCUT2D eigenvalue weighted by molar-refractivity contribution is 5.98. The quantitative estimate of drug-likeness (QED) is 0.742. The zero-order valence-electron chi connectivity index (χ0n) is 11.6. The molecule has 1 aromatic rings. The number of carbonyl (C=O) groups is 2. The maximum atomic E-state index is 12.1. The number of carboxylic acid groups (broad SMARTS) is 1. The first kappa shape index (κ1) is 15.9. The van der Waals surface area contributed by atoms with Crippen LogP contribution in [0.15, 0.2) is 18.3 Å². The van der Waals surface area contributed by atoms with E-state index in [9.17, 15) is 9.59 Å². The van der Waals surface area contributed by atoms with E-state index in [0.717, 1.165) is 0 Å². The van der Waals surface area contributed by atoms with Crippen LogP contribution in [-0.2, 0) is 4.74 Å². The summed E-state index contributed by atoms with van der Waals surface area (Å²) in [6.07, 6.45) is 1.37. The molecule has 0 aliphatic carbocycles. The maximum absolute atomic E-state index is 12.1. The van der Waals surface area contributed by atoms with E-state index in [1.54, 1.807) is 6.07 Å². The number of nitrogens with one attached hydrogen (secondary N) is 1. The fourth-order valence-corrected chi connectivity index (χ4v) is 1.59. The summed E-state index contributed by atoms with van der Waals surface area (Å²) in [5, 5.41) is 11.6. The summed E-state index contributed by atoms with van der Waals surface area (Å²) in [6, 6.07) is 2.70. The van der Waals surface area contributed by atoms with Gasteiger partial charge in [0.1, 0.15) is 0 Å². The van der Waals surface area contributed by atoms with Gasteiger partial charge in [0.05, 0.1) is 12.3 Å². The lowest BCUT2D eigenvalue weighted by Crippen LogP contribution is -2.37. The van der Waals surface area contributed by atoms with Crippen LogP contribution >= 0.6 is 0 Å². The molecular formula is C13H19N3O4. The van der Waals surface area contributed by atoms with Gasteiger partial charge in [-0.15, -0.1) is 0 Å². The third-order valence-corrected chi connectivity index (χ3v) is 2.63. The number of likely N-dealkylation sites (N-methyl/N-ethyl adjacent to an activating group) is 1. The van der Waals surface area contributed by atoms with Gasteiger partial charge in [-0.05, 0) is 26.0 Å². The minimum Gasteiger partial charge on any atom is -0.476 e. The van der Waals surface area contributed by atoms with Crippen molar-refractivity contribution in [3.05, 3.63) is 24.0 Å². The summed E-state index contributed by atoms with van der Waals surface area (Å²) < 4.78 is 5.20. The molecule has 0 saturated heterocycles. The predicted molar refractivity (Wildman–Crippen MR) is 74.0 cm³/mol. The van der Waals surface area contributed by atoms with Gasteiger partial charge in [-0.25, -0.2) is 14.6 Å². The Labute approximate surface area is 117 Å². The Morgan fingerprint density at radius 1 is 1.45 bits per heavy atom. The number of hydrogen-bond acceptors (Lipinski definition) is 4. The fraction of sp³-hybridized carbons (Fsp3) is 0.462. The number of nitrogens with zero attached hydrogens (tertiary/aromatic N) is 2. The zero-order valence-corrected chi connectivity index (χ0v) is 11.6. The first-order valence-corrected chi connectivity index (χ1v) is 6.42. The van der Waals surface area contributed by atoms with E-state index in [2.05, 4.69) is 10.3 Å². The number of rotatable bonds is 7. The maximum Gasteiger partial charge on any atom is 0.356 e. The van der Waals surface area contributed by atoms with E-state index in [4.69, 9.17) is 9.84 Å². The lowest BCUT2D eigenvalue weighted by atomic mass is 10.3. The van der Waals surface area contributed by atoms with Crippen molar-refractivity contribution in [2.45, 2.75) is 13.8 Å². The van der Waals surface area contributed by atoms with E-state index < -0.39 is 5.97 Å². The molecule has 0 saturated carbocycles. The van der Waals surface area contributed by atoms with Gasteiger partial charge in [-0.3, -0.25) is 0 Å². The summed E-state index contributed by atoms with van der Waals surface area (Å²) in [7, 11) is 0. The van der Waals surface area contributed by atoms with Crippen molar-refractivity contribution in [2.24, 2.45) is 0 Å². The van der Waals surface area contributed by atoms with Gasteiger partial charge in [0, 0.05) is 25.9 Å². The predicted octanol–water partition coefficient (Wildman–Crippen LogP) is 1.67. The molecule has 1 rings (SSSR count). The Bertz CT molecular complexity index is 465. The second-order valence-electron chi connectivity index (χ2n) is 3.91. The number of ether oxygens (including phenoxy) is 1. The summed E-state index contributed by atoms with van der Waals surface area (Å²) >= 11 is 0. The largest absolute Gasteiger partial charge is 0.476 e. The Balaban J connectivity index is 2.71. The van der Waals surface area contributed by atoms with Crippen LogP contribution in [0.25, 0.3) is 0 Å². The Kier molecular flexibility index (Phi) is 6.45. The normalized spacial score (nSPS) is 10.1. The highest BCUT2D eigenvalue weighted by Gasteiger charge is 2.16. The zero-order chi connectivity index (χ0) is 15.0. The van der Waals surface area contributed by atoms with E-state index >= 15 is 0 Å². The van der Waals surface area contributed by atoms with E-state index in [0.29, 0.717) is 26.3 Å². The van der Waals surface area contributed by atoms with Gasteiger partial charge in [0.2, 0.25) is 0 Å². The third kappa shape index (κ3) is 4.51. The lowest BCUT2D eigenvalue weighted by molar-refractivity contribution is 0.0691. The molecule has 1 aromatic heterocycles. The molecule has 110 valence electrons. The lowest BCUT2D eigenvalue weighted by Gasteiger charge is -2.21. The molecule has 0 atom stereocenters. The number of amides is 2. The van der Waals surface area contributed by atoms with Crippen LogP contribution in [0.5, 0.6) is 0 Å². The van der Waals surface area contributed by atoms with Crippen LogP contribution in [0.1, 0.15) is 24.3 Å². The Morgan fingerprint density at radius 2 is 2.20 bits per heavy atom. The monoisotopic (exact) mass is 281 g/mol. The number of aromatic carboxylic acids is 1. The average molecular weight is 281 g/mol. The van der Waals surface area contributed by atoms with Crippen LogP contribution in [0, 0.1) is 0 Å². The molecule has 0 bridgehead atoms. The fourth-order valence-electron chi connectivity index (χ4n) is 1.59. The van der Waals surface area contributed by atoms with E-state index in [1.165, 1.54) is 17.2 Å². The molecule has 2 amide bonds. The number of anilines is 1. The van der Waals surface area contributed by atoms with Crippen LogP contribution in [-0.4, -0.2) is 53.3 Å². The molecule has 0 fully saturated rings. The van der Waals surface area contributed by atoms with Crippen molar-refractivity contribution in [3.8, 4) is 0 Å². The summed E-state index contributed by atoms with van der Waals surface area (Å²) in [6.45, 7) is 5.69. The van der Waals surface area contributed by atoms with Crippen LogP contribution in [0.3, 0.4) is 0 Å². The Morgan fingerprint density at radius 3 is 2.80 bits per heavy atom. The highest BCUT2D eigenvalue weighted by Crippen LogP contribution is 2.12. The standard InChI is InChI=1S/C13H19N3O4/c1-3-16(8-9-20-4-2)13(19)15-10-6-5-7-14-11(10)12(17)18/h5-7H,3-4,8-9H2,1-2H3,(H,15,19)(H,17,18). The molecular weight excluding hydrogens is 262 g/mol. The van der Waals surface area contributed by atoms with E-state index in [1.807, 2.05) is 13.8 Å². The molecule has 0 aromatic carbocycles. The molecule has 0 aliphatic rings. The minimum absolute atomic E-state index is 0.179. The van der Waals surface area contributed by atoms with Gasteiger partial charge < -0.3 is 20.1 Å². The smallest absolute Gasteiger partial charge is 0.356 e. The first-order valence-electron chi connectivity index (χ1n) is 6.42. The Hall–Kier alpha value is -2.15. The van der Waals surface area contributed by atoms with Crippen molar-refractivity contribution in [1.29, 1.82) is 0 Å². The van der Waals surface area contributed by atoms with Gasteiger partial charge in [0.15, 0.2) is 5.69 Å². The van der Waals surface area contributed by atoms with Crippen LogP contribution < -0.4 is 5.32 Å². The molecule has 0 radical (unpaired) electrons. The average Bonchev–Trinajstić information content (AvgIpc) is 2.44. The molecule has 0 aliphatic heterocycles. The molecule has 0 unspecified atom stereocenters. The summed E-state index contributed by atoms with van der Waals surface area (Å²) in [4.78, 5) is 28.3. The van der Waals surface area contributed by atoms with Gasteiger partial charge in [-0.2, -0.15) is 0 Å². The SMILES string of the molecule is CCOCCN(CC)C(=O)Nc1cccnc1C(=O)O. The molecule has 1 heterocycles. The van der Waals surface area contributed by atoms with Crippen LogP contribution in [0.2, 0.25) is 0 Å². The third-order valence-electron chi connectivity index (χ3n) is 2.63. The number of urea groups is 1. The molecule has 7 nitrogen and oxygen atoms in total. The summed E-state index contributed by atoms with van der Waals surface area (Å²) in [5.41, 5.74) is 0.00145.